The van der Waals surface area contributed by atoms with Crippen molar-refractivity contribution in [2.45, 2.75) is 24.5 Å². The van der Waals surface area contributed by atoms with Crippen molar-refractivity contribution in [1.29, 1.82) is 0 Å². The topological polar surface area (TPSA) is 91.8 Å². The van der Waals surface area contributed by atoms with Crippen LogP contribution in [-0.4, -0.2) is 54.3 Å². The van der Waals surface area contributed by atoms with Crippen LogP contribution in [0.1, 0.15) is 20.3 Å². The van der Waals surface area contributed by atoms with Crippen LogP contribution in [-0.2, 0) is 14.8 Å². The van der Waals surface area contributed by atoms with Crippen LogP contribution in [0.25, 0.3) is 0 Å². The van der Waals surface area contributed by atoms with Crippen LogP contribution in [0, 0.1) is 5.92 Å². The number of guanidine groups is 1. The molecule has 0 aliphatic rings. The molecule has 0 spiro atoms. The van der Waals surface area contributed by atoms with E-state index in [2.05, 4.69) is 34.2 Å². The second kappa shape index (κ2) is 11.4. The molecule has 1 aromatic heterocycles. The van der Waals surface area contributed by atoms with Crippen LogP contribution in [0.3, 0.4) is 0 Å². The minimum Gasteiger partial charge on any atom is -0.381 e. The highest BCUT2D eigenvalue weighted by Gasteiger charge is 2.13. The molecule has 24 heavy (non-hydrogen) atoms. The Hall–Kier alpha value is -1.16. The molecule has 7 nitrogen and oxygen atoms in total. The molecule has 1 heterocycles. The maximum absolute atomic E-state index is 11.9. The quantitative estimate of drug-likeness (QED) is 0.307. The van der Waals surface area contributed by atoms with Crippen molar-refractivity contribution in [2.75, 3.05) is 39.9 Å². The first-order chi connectivity index (χ1) is 11.5. The smallest absolute Gasteiger partial charge is 0.250 e. The summed E-state index contributed by atoms with van der Waals surface area (Å²) in [4.78, 5) is 4.10. The zero-order chi connectivity index (χ0) is 17.8. The van der Waals surface area contributed by atoms with Gasteiger partial charge in [0.25, 0.3) is 0 Å². The summed E-state index contributed by atoms with van der Waals surface area (Å²) in [6.07, 6.45) is 0.887. The molecule has 138 valence electrons. The predicted molar refractivity (Wildman–Crippen MR) is 99.1 cm³/mol. The number of ether oxygens (including phenoxy) is 1. The molecule has 1 aromatic rings. The van der Waals surface area contributed by atoms with Gasteiger partial charge in [-0.1, -0.05) is 19.9 Å². The standard InChI is InChI=1S/C15H28N4O3S2/c1-13(2)12-22-10-5-7-17-15(16-3)18-8-9-19-24(20,21)14-6-4-11-23-14/h4,6,11,13,19H,5,7-10,12H2,1-3H3,(H2,16,17,18). The predicted octanol–water partition coefficient (Wildman–Crippen LogP) is 1.25. The van der Waals surface area contributed by atoms with E-state index in [9.17, 15) is 8.42 Å². The average Bonchev–Trinajstić information content (AvgIpc) is 3.07. The fraction of sp³-hybridized carbons (Fsp3) is 0.667. The van der Waals surface area contributed by atoms with Crippen LogP contribution < -0.4 is 15.4 Å². The zero-order valence-electron chi connectivity index (χ0n) is 14.5. The van der Waals surface area contributed by atoms with E-state index in [1.165, 1.54) is 11.3 Å². The maximum Gasteiger partial charge on any atom is 0.250 e. The molecule has 3 N–H and O–H groups in total. The molecule has 0 amide bonds. The molecule has 9 heteroatoms. The van der Waals surface area contributed by atoms with E-state index in [4.69, 9.17) is 4.74 Å². The Morgan fingerprint density at radius 3 is 2.67 bits per heavy atom. The number of nitrogens with one attached hydrogen (secondary N) is 3. The molecule has 0 atom stereocenters. The summed E-state index contributed by atoms with van der Waals surface area (Å²) in [6.45, 7) is 7.22. The van der Waals surface area contributed by atoms with Gasteiger partial charge in [0.2, 0.25) is 10.0 Å². The van der Waals surface area contributed by atoms with Gasteiger partial charge in [-0.15, -0.1) is 11.3 Å². The monoisotopic (exact) mass is 376 g/mol. The Labute approximate surface area is 149 Å². The van der Waals surface area contributed by atoms with E-state index in [1.807, 2.05) is 0 Å². The van der Waals surface area contributed by atoms with E-state index in [1.54, 1.807) is 24.6 Å². The first-order valence-corrected chi connectivity index (χ1v) is 10.4. The van der Waals surface area contributed by atoms with Crippen LogP contribution >= 0.6 is 11.3 Å². The summed E-state index contributed by atoms with van der Waals surface area (Å²) in [7, 11) is -1.72. The molecule has 1 rings (SSSR count). The molecule has 0 saturated carbocycles. The van der Waals surface area contributed by atoms with E-state index in [0.29, 0.717) is 35.8 Å². The summed E-state index contributed by atoms with van der Waals surface area (Å²) in [5.41, 5.74) is 0. The highest BCUT2D eigenvalue weighted by Crippen LogP contribution is 2.14. The van der Waals surface area contributed by atoms with Gasteiger partial charge in [0.1, 0.15) is 4.21 Å². The van der Waals surface area contributed by atoms with Gasteiger partial charge in [0.15, 0.2) is 5.96 Å². The van der Waals surface area contributed by atoms with Crippen LogP contribution in [0.15, 0.2) is 26.7 Å². The van der Waals surface area contributed by atoms with Gasteiger partial charge in [-0.05, 0) is 23.8 Å². The molecule has 0 aliphatic carbocycles. The molecule has 0 aromatic carbocycles. The van der Waals surface area contributed by atoms with Crippen molar-refractivity contribution in [1.82, 2.24) is 15.4 Å². The van der Waals surface area contributed by atoms with E-state index < -0.39 is 10.0 Å². The van der Waals surface area contributed by atoms with Crippen molar-refractivity contribution in [2.24, 2.45) is 10.9 Å². The average molecular weight is 377 g/mol. The molecule has 0 unspecified atom stereocenters. The van der Waals surface area contributed by atoms with E-state index in [-0.39, 0.29) is 0 Å². The summed E-state index contributed by atoms with van der Waals surface area (Å²) in [6, 6.07) is 3.30. The zero-order valence-corrected chi connectivity index (χ0v) is 16.2. The number of sulfonamides is 1. The Morgan fingerprint density at radius 2 is 2.04 bits per heavy atom. The molecular weight excluding hydrogens is 348 g/mol. The number of thiophene rings is 1. The van der Waals surface area contributed by atoms with Crippen molar-refractivity contribution in [3.05, 3.63) is 17.5 Å². The van der Waals surface area contributed by atoms with Gasteiger partial charge in [-0.3, -0.25) is 4.99 Å². The summed E-state index contributed by atoms with van der Waals surface area (Å²) < 4.78 is 32.3. The lowest BCUT2D eigenvalue weighted by atomic mass is 10.2. The first-order valence-electron chi connectivity index (χ1n) is 8.01. The normalized spacial score (nSPS) is 12.6. The molecular formula is C15H28N4O3S2. The number of hydrogen-bond donors (Lipinski definition) is 3. The minimum absolute atomic E-state index is 0.290. The van der Waals surface area contributed by atoms with Gasteiger partial charge in [0.05, 0.1) is 0 Å². The highest BCUT2D eigenvalue weighted by atomic mass is 32.2. The molecule has 0 saturated heterocycles. The van der Waals surface area contributed by atoms with Gasteiger partial charge in [-0.25, -0.2) is 13.1 Å². The van der Waals surface area contributed by atoms with Gasteiger partial charge >= 0.3 is 0 Å². The Morgan fingerprint density at radius 1 is 1.29 bits per heavy atom. The maximum atomic E-state index is 11.9. The largest absolute Gasteiger partial charge is 0.381 e. The lowest BCUT2D eigenvalue weighted by Crippen LogP contribution is -2.41. The van der Waals surface area contributed by atoms with Crippen LogP contribution in [0.2, 0.25) is 0 Å². The molecule has 0 radical (unpaired) electrons. The van der Waals surface area contributed by atoms with Gasteiger partial charge in [-0.2, -0.15) is 0 Å². The van der Waals surface area contributed by atoms with Crippen molar-refractivity contribution >= 4 is 27.3 Å². The Kier molecular flexibility index (Phi) is 9.92. The fourth-order valence-corrected chi connectivity index (χ4v) is 3.84. The van der Waals surface area contributed by atoms with Crippen molar-refractivity contribution < 1.29 is 13.2 Å². The number of hydrogen-bond acceptors (Lipinski definition) is 5. The lowest BCUT2D eigenvalue weighted by Gasteiger charge is -2.12. The summed E-state index contributed by atoms with van der Waals surface area (Å²) >= 11 is 1.20. The number of aliphatic imine (C=N–C) groups is 1. The van der Waals surface area contributed by atoms with Crippen molar-refractivity contribution in [3.63, 3.8) is 0 Å². The molecule has 0 aliphatic heterocycles. The lowest BCUT2D eigenvalue weighted by molar-refractivity contribution is 0.108. The number of nitrogens with zero attached hydrogens (tertiary/aromatic N) is 1. The fourth-order valence-electron chi connectivity index (χ4n) is 1.77. The SMILES string of the molecule is CN=C(NCCCOCC(C)C)NCCNS(=O)(=O)c1cccs1. The third-order valence-corrected chi connectivity index (χ3v) is 5.76. The second-order valence-electron chi connectivity index (χ2n) is 5.58. The van der Waals surface area contributed by atoms with Crippen LogP contribution in [0.4, 0.5) is 0 Å². The minimum atomic E-state index is -3.40. The first kappa shape index (κ1) is 20.9. The van der Waals surface area contributed by atoms with Gasteiger partial charge in [0, 0.05) is 39.9 Å². The van der Waals surface area contributed by atoms with Crippen molar-refractivity contribution in [3.8, 4) is 0 Å². The van der Waals surface area contributed by atoms with Crippen LogP contribution in [0.5, 0.6) is 0 Å². The van der Waals surface area contributed by atoms with E-state index in [0.717, 1.165) is 19.6 Å². The molecule has 0 bridgehead atoms. The Balaban J connectivity index is 2.14. The summed E-state index contributed by atoms with van der Waals surface area (Å²) in [5.74, 6) is 1.19. The number of rotatable bonds is 11. The summed E-state index contributed by atoms with van der Waals surface area (Å²) in [5, 5.41) is 7.98. The highest BCUT2D eigenvalue weighted by molar-refractivity contribution is 7.91. The molecule has 0 fully saturated rings. The van der Waals surface area contributed by atoms with Gasteiger partial charge < -0.3 is 15.4 Å². The third kappa shape index (κ3) is 8.62. The Bertz CT molecular complexity index is 572. The van der Waals surface area contributed by atoms with E-state index >= 15 is 0 Å². The third-order valence-electron chi connectivity index (χ3n) is 2.90. The second-order valence-corrected chi connectivity index (χ2v) is 8.52.